The van der Waals surface area contributed by atoms with Crippen LogP contribution in [0.25, 0.3) is 0 Å². The highest BCUT2D eigenvalue weighted by Gasteiger charge is 2.05. The van der Waals surface area contributed by atoms with Gasteiger partial charge in [-0.1, -0.05) is 24.3 Å². The first-order chi connectivity index (χ1) is 11.3. The molecule has 0 fully saturated rings. The number of para-hydroxylation sites is 1. The normalized spacial score (nSPS) is 10.3. The number of hydrogen-bond acceptors (Lipinski definition) is 4. The maximum Gasteiger partial charge on any atom is 0.293 e. The molecule has 3 rings (SSSR count). The van der Waals surface area contributed by atoms with Crippen molar-refractivity contribution in [1.29, 1.82) is 0 Å². The number of ether oxygens (including phenoxy) is 1. The molecule has 0 aliphatic carbocycles. The first kappa shape index (κ1) is 14.8. The number of nitrogens with zero attached hydrogens (tertiary/aromatic N) is 2. The van der Waals surface area contributed by atoms with Crippen molar-refractivity contribution in [2.45, 2.75) is 13.5 Å². The molecule has 3 aromatic rings. The maximum absolute atomic E-state index is 12.2. The van der Waals surface area contributed by atoms with Gasteiger partial charge in [-0.05, 0) is 31.2 Å². The fourth-order valence-electron chi connectivity index (χ4n) is 2.18. The van der Waals surface area contributed by atoms with E-state index in [0.717, 1.165) is 11.4 Å². The highest BCUT2D eigenvalue weighted by molar-refractivity contribution is 5.57. The quantitative estimate of drug-likeness (QED) is 0.779. The first-order valence-electron chi connectivity index (χ1n) is 7.41. The van der Waals surface area contributed by atoms with Gasteiger partial charge >= 0.3 is 0 Å². The van der Waals surface area contributed by atoms with Crippen molar-refractivity contribution in [3.8, 4) is 11.5 Å². The van der Waals surface area contributed by atoms with Crippen LogP contribution >= 0.6 is 0 Å². The van der Waals surface area contributed by atoms with E-state index in [1.807, 2.05) is 61.5 Å². The molecule has 5 heteroatoms. The van der Waals surface area contributed by atoms with E-state index in [4.69, 9.17) is 4.74 Å². The lowest BCUT2D eigenvalue weighted by Gasteiger charge is -2.10. The van der Waals surface area contributed by atoms with Crippen molar-refractivity contribution in [1.82, 2.24) is 9.55 Å². The number of aromatic nitrogens is 2. The summed E-state index contributed by atoms with van der Waals surface area (Å²) < 4.78 is 7.38. The van der Waals surface area contributed by atoms with Crippen LogP contribution in [0.5, 0.6) is 11.5 Å². The highest BCUT2D eigenvalue weighted by atomic mass is 16.5. The molecular formula is C18H17N3O2. The monoisotopic (exact) mass is 307 g/mol. The minimum absolute atomic E-state index is 0.149. The molecule has 0 spiro atoms. The Hall–Kier alpha value is -3.08. The van der Waals surface area contributed by atoms with E-state index in [9.17, 15) is 4.79 Å². The number of benzene rings is 2. The molecule has 5 nitrogen and oxygen atoms in total. The van der Waals surface area contributed by atoms with Crippen LogP contribution in [0.2, 0.25) is 0 Å². The Morgan fingerprint density at radius 3 is 2.65 bits per heavy atom. The van der Waals surface area contributed by atoms with E-state index in [1.165, 1.54) is 0 Å². The van der Waals surface area contributed by atoms with Gasteiger partial charge < -0.3 is 14.6 Å². The molecule has 0 unspecified atom stereocenters. The molecule has 23 heavy (non-hydrogen) atoms. The number of nitrogens with one attached hydrogen (secondary N) is 1. The minimum Gasteiger partial charge on any atom is -0.457 e. The molecule has 2 aromatic carbocycles. The van der Waals surface area contributed by atoms with Gasteiger partial charge in [-0.2, -0.15) is 0 Å². The van der Waals surface area contributed by atoms with Gasteiger partial charge in [0.1, 0.15) is 11.5 Å². The third-order valence-corrected chi connectivity index (χ3v) is 3.33. The molecule has 1 aromatic heterocycles. The van der Waals surface area contributed by atoms with Crippen LogP contribution in [-0.4, -0.2) is 9.55 Å². The molecule has 0 saturated carbocycles. The fourth-order valence-corrected chi connectivity index (χ4v) is 2.18. The van der Waals surface area contributed by atoms with Crippen molar-refractivity contribution in [3.63, 3.8) is 0 Å². The maximum atomic E-state index is 12.2. The zero-order valence-electron chi connectivity index (χ0n) is 12.8. The average Bonchev–Trinajstić information content (AvgIpc) is 2.58. The topological polar surface area (TPSA) is 56.1 Å². The second-order valence-electron chi connectivity index (χ2n) is 4.93. The number of hydrogen-bond donors (Lipinski definition) is 1. The van der Waals surface area contributed by atoms with Crippen LogP contribution in [0.1, 0.15) is 6.92 Å². The third-order valence-electron chi connectivity index (χ3n) is 3.33. The van der Waals surface area contributed by atoms with E-state index >= 15 is 0 Å². The summed E-state index contributed by atoms with van der Waals surface area (Å²) in [6.45, 7) is 2.52. The Bertz CT molecular complexity index is 844. The smallest absolute Gasteiger partial charge is 0.293 e. The minimum atomic E-state index is -0.149. The zero-order valence-corrected chi connectivity index (χ0v) is 12.8. The van der Waals surface area contributed by atoms with Gasteiger partial charge in [-0.15, -0.1) is 0 Å². The molecule has 1 N–H and O–H groups in total. The summed E-state index contributed by atoms with van der Waals surface area (Å²) in [6.07, 6.45) is 3.28. The van der Waals surface area contributed by atoms with Crippen LogP contribution in [0, 0.1) is 0 Å². The van der Waals surface area contributed by atoms with Gasteiger partial charge in [0, 0.05) is 30.7 Å². The third kappa shape index (κ3) is 3.58. The molecular weight excluding hydrogens is 290 g/mol. The first-order valence-corrected chi connectivity index (χ1v) is 7.41. The Morgan fingerprint density at radius 1 is 1.09 bits per heavy atom. The lowest BCUT2D eigenvalue weighted by Crippen LogP contribution is -2.22. The summed E-state index contributed by atoms with van der Waals surface area (Å²) >= 11 is 0. The van der Waals surface area contributed by atoms with Crippen molar-refractivity contribution in [2.24, 2.45) is 0 Å². The summed E-state index contributed by atoms with van der Waals surface area (Å²) in [6, 6.07) is 17.0. The van der Waals surface area contributed by atoms with Crippen LogP contribution in [0.4, 0.5) is 11.5 Å². The Labute approximate surface area is 134 Å². The molecule has 0 radical (unpaired) electrons. The van der Waals surface area contributed by atoms with E-state index in [0.29, 0.717) is 18.1 Å². The van der Waals surface area contributed by atoms with E-state index in [2.05, 4.69) is 10.3 Å². The Kier molecular flexibility index (Phi) is 4.38. The van der Waals surface area contributed by atoms with Crippen LogP contribution in [-0.2, 0) is 6.54 Å². The lowest BCUT2D eigenvalue weighted by molar-refractivity contribution is 0.483. The summed E-state index contributed by atoms with van der Waals surface area (Å²) in [5, 5.41) is 3.05. The van der Waals surface area contributed by atoms with Crippen molar-refractivity contribution >= 4 is 11.5 Å². The van der Waals surface area contributed by atoms with Crippen molar-refractivity contribution < 1.29 is 4.74 Å². The Morgan fingerprint density at radius 2 is 1.87 bits per heavy atom. The van der Waals surface area contributed by atoms with Gasteiger partial charge in [-0.25, -0.2) is 4.98 Å². The number of aryl methyl sites for hydroxylation is 1. The van der Waals surface area contributed by atoms with Gasteiger partial charge in [-0.3, -0.25) is 4.79 Å². The van der Waals surface area contributed by atoms with E-state index in [1.54, 1.807) is 17.0 Å². The second kappa shape index (κ2) is 6.79. The largest absolute Gasteiger partial charge is 0.457 e. The van der Waals surface area contributed by atoms with E-state index < -0.39 is 0 Å². The van der Waals surface area contributed by atoms with Gasteiger partial charge in [0.2, 0.25) is 0 Å². The predicted octanol–water partition coefficient (Wildman–Crippen LogP) is 3.80. The highest BCUT2D eigenvalue weighted by Crippen LogP contribution is 2.24. The summed E-state index contributed by atoms with van der Waals surface area (Å²) in [7, 11) is 0. The van der Waals surface area contributed by atoms with Gasteiger partial charge in [0.25, 0.3) is 5.56 Å². The summed E-state index contributed by atoms with van der Waals surface area (Å²) in [5.74, 6) is 1.75. The van der Waals surface area contributed by atoms with Crippen LogP contribution in [0.15, 0.2) is 71.8 Å². The van der Waals surface area contributed by atoms with Gasteiger partial charge in [0.15, 0.2) is 5.82 Å². The summed E-state index contributed by atoms with van der Waals surface area (Å²) in [4.78, 5) is 16.3. The number of anilines is 2. The average molecular weight is 307 g/mol. The molecule has 1 heterocycles. The molecule has 0 saturated heterocycles. The lowest BCUT2D eigenvalue weighted by atomic mass is 10.3. The molecule has 0 aliphatic heterocycles. The number of rotatable bonds is 5. The van der Waals surface area contributed by atoms with Gasteiger partial charge in [0.05, 0.1) is 0 Å². The molecule has 0 atom stereocenters. The molecule has 0 amide bonds. The summed E-state index contributed by atoms with van der Waals surface area (Å²) in [5.41, 5.74) is 0.598. The van der Waals surface area contributed by atoms with Crippen LogP contribution < -0.4 is 15.6 Å². The fraction of sp³-hybridized carbons (Fsp3) is 0.111. The molecule has 0 aliphatic rings. The second-order valence-corrected chi connectivity index (χ2v) is 4.93. The SMILES string of the molecule is CCn1ccnc(Nc2cccc(Oc3ccccc3)c2)c1=O. The molecule has 0 bridgehead atoms. The Balaban J connectivity index is 1.82. The predicted molar refractivity (Wildman–Crippen MR) is 90.4 cm³/mol. The van der Waals surface area contributed by atoms with Crippen LogP contribution in [0.3, 0.4) is 0 Å². The van der Waals surface area contributed by atoms with Crippen molar-refractivity contribution in [3.05, 3.63) is 77.3 Å². The van der Waals surface area contributed by atoms with E-state index in [-0.39, 0.29) is 5.56 Å². The zero-order chi connectivity index (χ0) is 16.1. The van der Waals surface area contributed by atoms with Crippen molar-refractivity contribution in [2.75, 3.05) is 5.32 Å². The molecule has 116 valence electrons. The standard InChI is InChI=1S/C18H17N3O2/c1-2-21-12-11-19-17(18(21)22)20-14-7-6-10-16(13-14)23-15-8-4-3-5-9-15/h3-13H,2H2,1H3,(H,19,20).